The summed E-state index contributed by atoms with van der Waals surface area (Å²) in [5.41, 5.74) is 1.37. The van der Waals surface area contributed by atoms with Crippen molar-refractivity contribution in [2.75, 3.05) is 25.2 Å². The number of halogens is 1. The van der Waals surface area contributed by atoms with Gasteiger partial charge < -0.3 is 14.2 Å². The molecule has 1 aliphatic heterocycles. The Morgan fingerprint density at radius 2 is 2.03 bits per heavy atom. The minimum absolute atomic E-state index is 0.121. The Balaban J connectivity index is 1.96. The van der Waals surface area contributed by atoms with Gasteiger partial charge in [-0.2, -0.15) is 0 Å². The quantitative estimate of drug-likeness (QED) is 0.291. The van der Waals surface area contributed by atoms with E-state index in [2.05, 4.69) is 21.9 Å². The van der Waals surface area contributed by atoms with Gasteiger partial charge >= 0.3 is 0 Å². The van der Waals surface area contributed by atoms with Crippen LogP contribution in [-0.2, 0) is 4.79 Å². The van der Waals surface area contributed by atoms with Gasteiger partial charge in [0.25, 0.3) is 5.91 Å². The summed E-state index contributed by atoms with van der Waals surface area (Å²) >= 11 is 10.2. The van der Waals surface area contributed by atoms with Crippen LogP contribution in [-0.4, -0.2) is 30.6 Å². The molecule has 1 heterocycles. The van der Waals surface area contributed by atoms with Crippen LogP contribution in [0.2, 0.25) is 0 Å². The number of ether oxygens (including phenoxy) is 3. The van der Waals surface area contributed by atoms with Crippen molar-refractivity contribution < 1.29 is 19.0 Å². The standard InChI is InChI=1S/C22H18BrNO4S2/c1-4-10-28-20-15(23)11-14(12-18(20)27-5-2)13-19-21(25)24(22(29)30-19)16-8-6-7-9-17(16)26-3/h1,6-9,11-13H,5,10H2,2-3H3/b19-13-. The molecule has 0 unspecified atom stereocenters. The minimum atomic E-state index is -0.212. The maximum absolute atomic E-state index is 13.1. The number of para-hydroxylation sites is 2. The summed E-state index contributed by atoms with van der Waals surface area (Å²) in [6.45, 7) is 2.46. The van der Waals surface area contributed by atoms with Crippen LogP contribution in [0.5, 0.6) is 17.2 Å². The van der Waals surface area contributed by atoms with E-state index in [1.807, 2.05) is 25.1 Å². The predicted molar refractivity (Wildman–Crippen MR) is 128 cm³/mol. The second-order valence-electron chi connectivity index (χ2n) is 5.94. The number of thioether (sulfide) groups is 1. The molecule has 154 valence electrons. The van der Waals surface area contributed by atoms with E-state index in [-0.39, 0.29) is 12.5 Å². The maximum Gasteiger partial charge on any atom is 0.270 e. The van der Waals surface area contributed by atoms with Gasteiger partial charge in [0.2, 0.25) is 0 Å². The lowest BCUT2D eigenvalue weighted by Gasteiger charge is -2.17. The minimum Gasteiger partial charge on any atom is -0.495 e. The van der Waals surface area contributed by atoms with Gasteiger partial charge in [-0.1, -0.05) is 42.0 Å². The van der Waals surface area contributed by atoms with E-state index >= 15 is 0 Å². The molecule has 0 atom stereocenters. The summed E-state index contributed by atoms with van der Waals surface area (Å²) in [4.78, 5) is 15.1. The van der Waals surface area contributed by atoms with E-state index in [4.69, 9.17) is 32.9 Å². The fraction of sp³-hybridized carbons (Fsp3) is 0.182. The number of carbonyl (C=O) groups is 1. The molecule has 2 aromatic carbocycles. The lowest BCUT2D eigenvalue weighted by Crippen LogP contribution is -2.27. The van der Waals surface area contributed by atoms with Crippen LogP contribution in [0, 0.1) is 12.3 Å². The summed E-state index contributed by atoms with van der Waals surface area (Å²) in [5.74, 6) is 3.86. The first-order valence-corrected chi connectivity index (χ1v) is 11.0. The Kier molecular flexibility index (Phi) is 7.43. The number of thiocarbonyl (C=S) groups is 1. The largest absolute Gasteiger partial charge is 0.495 e. The molecule has 1 amide bonds. The molecule has 1 aliphatic rings. The molecule has 0 saturated carbocycles. The highest BCUT2D eigenvalue weighted by Crippen LogP contribution is 2.41. The zero-order valence-corrected chi connectivity index (χ0v) is 19.5. The molecule has 0 radical (unpaired) electrons. The lowest BCUT2D eigenvalue weighted by molar-refractivity contribution is -0.113. The molecule has 0 spiro atoms. The third-order valence-electron chi connectivity index (χ3n) is 4.05. The van der Waals surface area contributed by atoms with Gasteiger partial charge in [0.1, 0.15) is 12.4 Å². The topological polar surface area (TPSA) is 48.0 Å². The fourth-order valence-corrected chi connectivity index (χ4v) is 4.69. The molecule has 3 rings (SSSR count). The van der Waals surface area contributed by atoms with Crippen molar-refractivity contribution in [3.8, 4) is 29.6 Å². The Labute approximate surface area is 193 Å². The molecule has 30 heavy (non-hydrogen) atoms. The van der Waals surface area contributed by atoms with Crippen molar-refractivity contribution in [3.05, 3.63) is 51.3 Å². The van der Waals surface area contributed by atoms with Crippen molar-refractivity contribution >= 4 is 61.9 Å². The number of hydrogen-bond donors (Lipinski definition) is 0. The highest BCUT2D eigenvalue weighted by molar-refractivity contribution is 9.10. The normalized spacial score (nSPS) is 14.7. The molecule has 1 saturated heterocycles. The van der Waals surface area contributed by atoms with Crippen LogP contribution in [0.1, 0.15) is 12.5 Å². The number of terminal acetylenes is 1. The number of anilines is 1. The van der Waals surface area contributed by atoms with Crippen LogP contribution >= 0.6 is 39.9 Å². The van der Waals surface area contributed by atoms with E-state index in [1.165, 1.54) is 16.7 Å². The highest BCUT2D eigenvalue weighted by atomic mass is 79.9. The Morgan fingerprint density at radius 3 is 2.73 bits per heavy atom. The Hall–Kier alpha value is -2.47. The molecule has 0 aliphatic carbocycles. The van der Waals surface area contributed by atoms with E-state index < -0.39 is 0 Å². The average molecular weight is 504 g/mol. The van der Waals surface area contributed by atoms with Crippen molar-refractivity contribution in [1.82, 2.24) is 0 Å². The molecule has 2 aromatic rings. The zero-order valence-electron chi connectivity index (χ0n) is 16.3. The van der Waals surface area contributed by atoms with Crippen molar-refractivity contribution in [2.24, 2.45) is 0 Å². The van der Waals surface area contributed by atoms with Crippen molar-refractivity contribution in [3.63, 3.8) is 0 Å². The van der Waals surface area contributed by atoms with Crippen LogP contribution in [0.3, 0.4) is 0 Å². The number of methoxy groups -OCH3 is 1. The number of benzene rings is 2. The molecular formula is C22H18BrNO4S2. The van der Waals surface area contributed by atoms with Gasteiger partial charge in [-0.15, -0.1) is 6.42 Å². The van der Waals surface area contributed by atoms with Gasteiger partial charge in [-0.3, -0.25) is 9.69 Å². The summed E-state index contributed by atoms with van der Waals surface area (Å²) in [5, 5.41) is 0. The van der Waals surface area contributed by atoms with Crippen LogP contribution in [0.25, 0.3) is 6.08 Å². The first-order valence-electron chi connectivity index (χ1n) is 8.93. The first-order chi connectivity index (χ1) is 14.5. The Bertz CT molecular complexity index is 1060. The summed E-state index contributed by atoms with van der Waals surface area (Å²) in [6, 6.07) is 10.9. The first kappa shape index (κ1) is 22.2. The van der Waals surface area contributed by atoms with Gasteiger partial charge in [-0.25, -0.2) is 0 Å². The molecule has 0 aromatic heterocycles. The third-order valence-corrected chi connectivity index (χ3v) is 5.94. The number of nitrogens with zero attached hydrogens (tertiary/aromatic N) is 1. The summed E-state index contributed by atoms with van der Waals surface area (Å²) in [7, 11) is 1.56. The number of hydrogen-bond acceptors (Lipinski definition) is 6. The molecule has 0 bridgehead atoms. The maximum atomic E-state index is 13.1. The lowest BCUT2D eigenvalue weighted by atomic mass is 10.1. The van der Waals surface area contributed by atoms with Crippen LogP contribution < -0.4 is 19.1 Å². The van der Waals surface area contributed by atoms with Crippen LogP contribution in [0.15, 0.2) is 45.8 Å². The average Bonchev–Trinajstić information content (AvgIpc) is 3.00. The van der Waals surface area contributed by atoms with E-state index in [0.29, 0.717) is 43.2 Å². The smallest absolute Gasteiger partial charge is 0.270 e. The fourth-order valence-electron chi connectivity index (χ4n) is 2.83. The SMILES string of the molecule is C#CCOc1c(Br)cc(/C=C2\SC(=S)N(c3ccccc3OC)C2=O)cc1OCC. The molecular weight excluding hydrogens is 486 g/mol. The number of amides is 1. The summed E-state index contributed by atoms with van der Waals surface area (Å²) < 4.78 is 17.8. The van der Waals surface area contributed by atoms with Gasteiger partial charge in [0.05, 0.1) is 28.8 Å². The molecule has 0 N–H and O–H groups in total. The Morgan fingerprint density at radius 1 is 1.27 bits per heavy atom. The van der Waals surface area contributed by atoms with Crippen molar-refractivity contribution in [1.29, 1.82) is 0 Å². The van der Waals surface area contributed by atoms with Crippen LogP contribution in [0.4, 0.5) is 5.69 Å². The van der Waals surface area contributed by atoms with Gasteiger partial charge in [0, 0.05) is 0 Å². The number of carbonyl (C=O) groups excluding carboxylic acids is 1. The molecule has 8 heteroatoms. The van der Waals surface area contributed by atoms with E-state index in [0.717, 1.165) is 5.56 Å². The van der Waals surface area contributed by atoms with E-state index in [9.17, 15) is 4.79 Å². The monoisotopic (exact) mass is 503 g/mol. The van der Waals surface area contributed by atoms with E-state index in [1.54, 1.807) is 31.4 Å². The van der Waals surface area contributed by atoms with Crippen molar-refractivity contribution in [2.45, 2.75) is 6.92 Å². The number of rotatable bonds is 7. The summed E-state index contributed by atoms with van der Waals surface area (Å²) in [6.07, 6.45) is 7.06. The second kappa shape index (κ2) is 10.0. The highest BCUT2D eigenvalue weighted by Gasteiger charge is 2.34. The van der Waals surface area contributed by atoms with Gasteiger partial charge in [-0.05, 0) is 58.8 Å². The zero-order chi connectivity index (χ0) is 21.7. The predicted octanol–water partition coefficient (Wildman–Crippen LogP) is 5.27. The molecule has 1 fully saturated rings. The molecule has 5 nitrogen and oxygen atoms in total. The third kappa shape index (κ3) is 4.64. The van der Waals surface area contributed by atoms with Gasteiger partial charge in [0.15, 0.2) is 15.8 Å². The second-order valence-corrected chi connectivity index (χ2v) is 8.47.